The van der Waals surface area contributed by atoms with Gasteiger partial charge in [-0.25, -0.2) is 18.3 Å². The second kappa shape index (κ2) is 9.86. The van der Waals surface area contributed by atoms with Gasteiger partial charge in [-0.3, -0.25) is 10.0 Å². The van der Waals surface area contributed by atoms with Crippen molar-refractivity contribution in [3.8, 4) is 5.75 Å². The topological polar surface area (TPSA) is 99.2 Å². The third kappa shape index (κ3) is 5.32. The van der Waals surface area contributed by atoms with E-state index >= 15 is 0 Å². The Bertz CT molecular complexity index is 1140. The number of nitrogens with one attached hydrogen (secondary N) is 1. The number of piperazine rings is 1. The number of carbonyl (C=O) groups excluding carboxylic acids is 1. The van der Waals surface area contributed by atoms with Crippen LogP contribution in [0.4, 0.5) is 17.6 Å². The minimum absolute atomic E-state index is 0.000693. The zero-order chi connectivity index (χ0) is 25.3. The van der Waals surface area contributed by atoms with Crippen molar-refractivity contribution in [3.05, 3.63) is 59.4 Å². The van der Waals surface area contributed by atoms with Crippen LogP contribution in [0.15, 0.2) is 47.4 Å². The highest BCUT2D eigenvalue weighted by atomic mass is 32.2. The lowest BCUT2D eigenvalue weighted by atomic mass is 10.1. The highest BCUT2D eigenvalue weighted by molar-refractivity contribution is 7.89. The van der Waals surface area contributed by atoms with Crippen LogP contribution in [0, 0.1) is 5.82 Å². The van der Waals surface area contributed by atoms with Gasteiger partial charge < -0.3 is 9.64 Å². The first-order valence-corrected chi connectivity index (χ1v) is 11.5. The first kappa shape index (κ1) is 25.9. The Morgan fingerprint density at radius 3 is 2.41 bits per heavy atom. The number of benzene rings is 2. The van der Waals surface area contributed by atoms with Crippen LogP contribution in [0.3, 0.4) is 0 Å². The highest BCUT2D eigenvalue weighted by Crippen LogP contribution is 2.33. The van der Waals surface area contributed by atoms with E-state index in [1.165, 1.54) is 29.7 Å². The zero-order valence-corrected chi connectivity index (χ0v) is 19.0. The van der Waals surface area contributed by atoms with Gasteiger partial charge in [0.25, 0.3) is 5.91 Å². The van der Waals surface area contributed by atoms with Gasteiger partial charge in [-0.05, 0) is 56.4 Å². The maximum Gasteiger partial charge on any atom is 0.416 e. The van der Waals surface area contributed by atoms with E-state index in [1.807, 2.05) is 0 Å². The van der Waals surface area contributed by atoms with E-state index in [2.05, 4.69) is 0 Å². The van der Waals surface area contributed by atoms with Crippen molar-refractivity contribution in [1.29, 1.82) is 0 Å². The van der Waals surface area contributed by atoms with Crippen molar-refractivity contribution in [1.82, 2.24) is 14.7 Å². The van der Waals surface area contributed by atoms with Crippen molar-refractivity contribution in [2.45, 2.75) is 36.7 Å². The average Bonchev–Trinajstić information content (AvgIpc) is 2.78. The molecule has 2 unspecified atom stereocenters. The number of rotatable bonds is 6. The molecule has 2 N–H and O–H groups in total. The summed E-state index contributed by atoms with van der Waals surface area (Å²) in [5.74, 6) is -1.67. The summed E-state index contributed by atoms with van der Waals surface area (Å²) in [6.07, 6.45) is -4.69. The van der Waals surface area contributed by atoms with Gasteiger partial charge in [0.2, 0.25) is 10.0 Å². The Balaban J connectivity index is 1.80. The Labute approximate surface area is 193 Å². The molecule has 0 saturated carbocycles. The third-order valence-corrected chi connectivity index (χ3v) is 7.61. The van der Waals surface area contributed by atoms with Crippen LogP contribution in [0.25, 0.3) is 0 Å². The second-order valence-corrected chi connectivity index (χ2v) is 9.71. The molecule has 0 bridgehead atoms. The average molecular weight is 505 g/mol. The molecule has 34 heavy (non-hydrogen) atoms. The van der Waals surface area contributed by atoms with Crippen LogP contribution in [0.1, 0.15) is 18.1 Å². The number of nitrogens with zero attached hydrogens (tertiary/aromatic N) is 2. The van der Waals surface area contributed by atoms with Crippen molar-refractivity contribution >= 4 is 15.9 Å². The van der Waals surface area contributed by atoms with E-state index in [-0.39, 0.29) is 17.2 Å². The van der Waals surface area contributed by atoms with Gasteiger partial charge in [0, 0.05) is 24.7 Å². The molecule has 13 heteroatoms. The SMILES string of the molecule is CC1C(C(=O)NO)N(S(=O)(=O)c2ccc(OCc3cc(F)ccc3C(F)(F)F)cc2)CCN1C. The van der Waals surface area contributed by atoms with Crippen LogP contribution in [0.5, 0.6) is 5.75 Å². The molecule has 1 fully saturated rings. The van der Waals surface area contributed by atoms with E-state index in [1.54, 1.807) is 18.9 Å². The fourth-order valence-corrected chi connectivity index (χ4v) is 5.37. The third-order valence-electron chi connectivity index (χ3n) is 5.71. The van der Waals surface area contributed by atoms with Gasteiger partial charge in [0.1, 0.15) is 24.2 Å². The monoisotopic (exact) mass is 505 g/mol. The van der Waals surface area contributed by atoms with Gasteiger partial charge >= 0.3 is 6.18 Å². The molecule has 3 rings (SSSR count). The molecule has 0 aromatic heterocycles. The van der Waals surface area contributed by atoms with E-state index < -0.39 is 57.7 Å². The Hall–Kier alpha value is -2.74. The summed E-state index contributed by atoms with van der Waals surface area (Å²) in [7, 11) is -2.43. The van der Waals surface area contributed by atoms with E-state index in [0.717, 1.165) is 10.4 Å². The lowest BCUT2D eigenvalue weighted by molar-refractivity contribution is -0.138. The van der Waals surface area contributed by atoms with Gasteiger partial charge in [-0.2, -0.15) is 17.5 Å². The first-order valence-electron chi connectivity index (χ1n) is 10.1. The summed E-state index contributed by atoms with van der Waals surface area (Å²) < 4.78 is 85.6. The summed E-state index contributed by atoms with van der Waals surface area (Å²) in [5, 5.41) is 9.07. The fraction of sp³-hybridized carbons (Fsp3) is 0.381. The molecule has 1 aliphatic heterocycles. The molecule has 2 aromatic carbocycles. The van der Waals surface area contributed by atoms with Crippen molar-refractivity contribution in [2.24, 2.45) is 0 Å². The van der Waals surface area contributed by atoms with E-state index in [4.69, 9.17) is 9.94 Å². The van der Waals surface area contributed by atoms with Gasteiger partial charge in [0.05, 0.1) is 10.5 Å². The van der Waals surface area contributed by atoms with Gasteiger partial charge in [-0.15, -0.1) is 0 Å². The fourth-order valence-electron chi connectivity index (χ4n) is 3.73. The largest absolute Gasteiger partial charge is 0.489 e. The summed E-state index contributed by atoms with van der Waals surface area (Å²) in [6.45, 7) is 1.42. The van der Waals surface area contributed by atoms with Crippen LogP contribution in [-0.2, 0) is 27.6 Å². The molecule has 1 amide bonds. The second-order valence-electron chi connectivity index (χ2n) is 7.82. The molecule has 186 valence electrons. The standard InChI is InChI=1S/C21H23F4N3O5S/c1-13-19(20(29)26-30)28(10-9-27(13)2)34(31,32)17-6-4-16(5-7-17)33-12-14-11-15(22)3-8-18(14)21(23,24)25/h3-8,11,13,19,30H,9-10,12H2,1-2H3,(H,26,29). The molecule has 0 aliphatic carbocycles. The molecule has 2 aromatic rings. The zero-order valence-electron chi connectivity index (χ0n) is 18.2. The summed E-state index contributed by atoms with van der Waals surface area (Å²) in [6, 6.07) is 5.24. The van der Waals surface area contributed by atoms with Gasteiger partial charge in [-0.1, -0.05) is 0 Å². The number of hydroxylamine groups is 1. The predicted octanol–water partition coefficient (Wildman–Crippen LogP) is 2.62. The highest BCUT2D eigenvalue weighted by Gasteiger charge is 2.43. The van der Waals surface area contributed by atoms with Crippen molar-refractivity contribution < 1.29 is 40.7 Å². The van der Waals surface area contributed by atoms with Crippen LogP contribution in [0.2, 0.25) is 0 Å². The quantitative estimate of drug-likeness (QED) is 0.356. The molecule has 0 spiro atoms. The minimum atomic E-state index is -4.69. The number of likely N-dealkylation sites (N-methyl/N-ethyl adjacent to an activating group) is 1. The molecular formula is C21H23F4N3O5S. The number of sulfonamides is 1. The Kier molecular flexibility index (Phi) is 7.50. The minimum Gasteiger partial charge on any atom is -0.489 e. The maximum atomic E-state index is 13.4. The number of hydrogen-bond acceptors (Lipinski definition) is 6. The number of ether oxygens (including phenoxy) is 1. The van der Waals surface area contributed by atoms with Gasteiger partial charge in [0.15, 0.2) is 0 Å². The molecule has 1 aliphatic rings. The number of hydrogen-bond donors (Lipinski definition) is 2. The lowest BCUT2D eigenvalue weighted by Gasteiger charge is -2.42. The summed E-state index contributed by atoms with van der Waals surface area (Å²) in [5.41, 5.74) is 0.0558. The van der Waals surface area contributed by atoms with E-state index in [0.29, 0.717) is 18.7 Å². The number of carbonyl (C=O) groups is 1. The van der Waals surface area contributed by atoms with Crippen LogP contribution >= 0.6 is 0 Å². The van der Waals surface area contributed by atoms with Crippen molar-refractivity contribution in [3.63, 3.8) is 0 Å². The normalized spacial score (nSPS) is 20.2. The van der Waals surface area contributed by atoms with E-state index in [9.17, 15) is 30.8 Å². The summed E-state index contributed by atoms with van der Waals surface area (Å²) in [4.78, 5) is 13.8. The molecule has 0 radical (unpaired) electrons. The summed E-state index contributed by atoms with van der Waals surface area (Å²) >= 11 is 0. The lowest BCUT2D eigenvalue weighted by Crippen LogP contribution is -2.63. The molecule has 1 heterocycles. The number of alkyl halides is 3. The Morgan fingerprint density at radius 2 is 1.82 bits per heavy atom. The predicted molar refractivity (Wildman–Crippen MR) is 112 cm³/mol. The molecule has 2 atom stereocenters. The first-order chi connectivity index (χ1) is 15.9. The molecular weight excluding hydrogens is 482 g/mol. The number of halogens is 4. The number of amides is 1. The molecule has 8 nitrogen and oxygen atoms in total. The smallest absolute Gasteiger partial charge is 0.416 e. The Morgan fingerprint density at radius 1 is 1.18 bits per heavy atom. The van der Waals surface area contributed by atoms with Crippen LogP contribution < -0.4 is 10.2 Å². The maximum absolute atomic E-state index is 13.4. The molecule has 1 saturated heterocycles. The van der Waals surface area contributed by atoms with Crippen molar-refractivity contribution in [2.75, 3.05) is 20.1 Å². The van der Waals surface area contributed by atoms with Crippen LogP contribution in [-0.4, -0.2) is 61.0 Å².